The molecule has 2 rings (SSSR count). The molecule has 0 radical (unpaired) electrons. The molecular weight excluding hydrogens is 226 g/mol. The first-order valence-electron chi connectivity index (χ1n) is 6.19. The van der Waals surface area contributed by atoms with E-state index >= 15 is 0 Å². The maximum Gasteiger partial charge on any atom is 0.0775 e. The van der Waals surface area contributed by atoms with Crippen LogP contribution in [0.3, 0.4) is 0 Å². The van der Waals surface area contributed by atoms with Crippen molar-refractivity contribution >= 4 is 5.69 Å². The molecule has 0 bridgehead atoms. The molecule has 4 nitrogen and oxygen atoms in total. The minimum Gasteiger partial charge on any atom is -0.394 e. The van der Waals surface area contributed by atoms with Gasteiger partial charge in [0.2, 0.25) is 0 Å². The van der Waals surface area contributed by atoms with Crippen LogP contribution in [0.2, 0.25) is 0 Å². The Labute approximate surface area is 107 Å². The number of anilines is 1. The number of aromatic nitrogens is 2. The van der Waals surface area contributed by atoms with Gasteiger partial charge in [0.05, 0.1) is 18.8 Å². The number of rotatable bonds is 5. The van der Waals surface area contributed by atoms with Crippen LogP contribution in [-0.4, -0.2) is 21.5 Å². The molecule has 0 aliphatic carbocycles. The minimum absolute atomic E-state index is 0.0449. The van der Waals surface area contributed by atoms with Gasteiger partial charge in [0.15, 0.2) is 0 Å². The highest BCUT2D eigenvalue weighted by Gasteiger charge is 2.12. The van der Waals surface area contributed by atoms with E-state index in [-0.39, 0.29) is 12.6 Å². The van der Waals surface area contributed by atoms with Gasteiger partial charge in [-0.05, 0) is 26.0 Å². The first-order valence-corrected chi connectivity index (χ1v) is 6.19. The van der Waals surface area contributed by atoms with Crippen molar-refractivity contribution in [2.45, 2.75) is 26.4 Å². The van der Waals surface area contributed by atoms with Gasteiger partial charge in [-0.15, -0.1) is 0 Å². The molecule has 1 aromatic carbocycles. The fourth-order valence-corrected chi connectivity index (χ4v) is 1.82. The topological polar surface area (TPSA) is 50.1 Å². The molecule has 0 saturated heterocycles. The molecule has 2 aromatic rings. The predicted molar refractivity (Wildman–Crippen MR) is 72.5 cm³/mol. The van der Waals surface area contributed by atoms with E-state index in [1.54, 1.807) is 6.20 Å². The summed E-state index contributed by atoms with van der Waals surface area (Å²) in [6.07, 6.45) is 3.76. The Kier molecular flexibility index (Phi) is 3.99. The molecule has 0 fully saturated rings. The van der Waals surface area contributed by atoms with Crippen LogP contribution in [0.5, 0.6) is 0 Å². The lowest BCUT2D eigenvalue weighted by atomic mass is 10.1. The van der Waals surface area contributed by atoms with E-state index in [0.717, 1.165) is 17.8 Å². The van der Waals surface area contributed by atoms with Crippen molar-refractivity contribution in [3.8, 4) is 0 Å². The highest BCUT2D eigenvalue weighted by Crippen LogP contribution is 2.19. The third kappa shape index (κ3) is 2.90. The summed E-state index contributed by atoms with van der Waals surface area (Å²) in [5, 5.41) is 17.0. The quantitative estimate of drug-likeness (QED) is 0.850. The molecule has 0 amide bonds. The number of aliphatic hydroxyl groups excluding tert-OH is 1. The Bertz CT molecular complexity index is 490. The van der Waals surface area contributed by atoms with Gasteiger partial charge in [0.1, 0.15) is 0 Å². The Morgan fingerprint density at radius 3 is 2.61 bits per heavy atom. The first kappa shape index (κ1) is 12.6. The average Bonchev–Trinajstić information content (AvgIpc) is 2.87. The summed E-state index contributed by atoms with van der Waals surface area (Å²) in [7, 11) is 0. The van der Waals surface area contributed by atoms with Gasteiger partial charge in [-0.2, -0.15) is 5.10 Å². The molecule has 0 saturated carbocycles. The minimum atomic E-state index is -0.118. The number of hydrogen-bond donors (Lipinski definition) is 2. The van der Waals surface area contributed by atoms with Crippen molar-refractivity contribution in [2.75, 3.05) is 11.9 Å². The highest BCUT2D eigenvalue weighted by molar-refractivity contribution is 5.46. The zero-order valence-electron chi connectivity index (χ0n) is 10.8. The lowest BCUT2D eigenvalue weighted by Gasteiger charge is -2.16. The third-order valence-corrected chi connectivity index (χ3v) is 2.95. The Morgan fingerprint density at radius 2 is 2.06 bits per heavy atom. The molecule has 1 heterocycles. The van der Waals surface area contributed by atoms with Gasteiger partial charge >= 0.3 is 0 Å². The fourth-order valence-electron chi connectivity index (χ4n) is 1.82. The van der Waals surface area contributed by atoms with Crippen molar-refractivity contribution in [1.29, 1.82) is 0 Å². The van der Waals surface area contributed by atoms with Crippen molar-refractivity contribution in [3.05, 3.63) is 47.8 Å². The van der Waals surface area contributed by atoms with Gasteiger partial charge in [0, 0.05) is 24.0 Å². The predicted octanol–water partition coefficient (Wildman–Crippen LogP) is 2.36. The molecule has 1 unspecified atom stereocenters. The smallest absolute Gasteiger partial charge is 0.0775 e. The van der Waals surface area contributed by atoms with Gasteiger partial charge in [-0.1, -0.05) is 17.7 Å². The maximum atomic E-state index is 9.48. The molecule has 4 heteroatoms. The van der Waals surface area contributed by atoms with Crippen LogP contribution in [0, 0.1) is 6.92 Å². The summed E-state index contributed by atoms with van der Waals surface area (Å²) in [4.78, 5) is 0. The molecule has 1 atom stereocenters. The van der Waals surface area contributed by atoms with Crippen LogP contribution in [-0.2, 0) is 6.54 Å². The van der Waals surface area contributed by atoms with Crippen molar-refractivity contribution in [1.82, 2.24) is 9.78 Å². The summed E-state index contributed by atoms with van der Waals surface area (Å²) in [6.45, 7) is 4.97. The summed E-state index contributed by atoms with van der Waals surface area (Å²) in [5.74, 6) is 0. The lowest BCUT2D eigenvalue weighted by Crippen LogP contribution is -2.14. The second-order valence-electron chi connectivity index (χ2n) is 4.37. The average molecular weight is 245 g/mol. The summed E-state index contributed by atoms with van der Waals surface area (Å²) in [5.41, 5.74) is 3.23. The second-order valence-corrected chi connectivity index (χ2v) is 4.37. The summed E-state index contributed by atoms with van der Waals surface area (Å²) >= 11 is 0. The van der Waals surface area contributed by atoms with Gasteiger partial charge < -0.3 is 10.4 Å². The van der Waals surface area contributed by atoms with Gasteiger partial charge in [0.25, 0.3) is 0 Å². The Morgan fingerprint density at radius 1 is 1.33 bits per heavy atom. The number of nitrogens with one attached hydrogen (secondary N) is 1. The molecule has 18 heavy (non-hydrogen) atoms. The third-order valence-electron chi connectivity index (χ3n) is 2.95. The van der Waals surface area contributed by atoms with Crippen molar-refractivity contribution < 1.29 is 5.11 Å². The summed E-state index contributed by atoms with van der Waals surface area (Å²) < 4.78 is 1.86. The standard InChI is InChI=1S/C14H19N3O/c1-3-17-9-12(8-15-17)14(10-18)16-13-6-4-11(2)5-7-13/h4-9,14,16,18H,3,10H2,1-2H3. The normalized spacial score (nSPS) is 12.4. The van der Waals surface area contributed by atoms with Crippen LogP contribution in [0.25, 0.3) is 0 Å². The SMILES string of the molecule is CCn1cc(C(CO)Nc2ccc(C)cc2)cn1. The molecule has 2 N–H and O–H groups in total. The van der Waals surface area contributed by atoms with E-state index < -0.39 is 0 Å². The van der Waals surface area contributed by atoms with E-state index in [9.17, 15) is 5.11 Å². The van der Waals surface area contributed by atoms with Crippen LogP contribution < -0.4 is 5.32 Å². The first-order chi connectivity index (χ1) is 8.72. The Balaban J connectivity index is 2.11. The van der Waals surface area contributed by atoms with Crippen LogP contribution >= 0.6 is 0 Å². The highest BCUT2D eigenvalue weighted by atomic mass is 16.3. The number of benzene rings is 1. The van der Waals surface area contributed by atoms with Gasteiger partial charge in [-0.25, -0.2) is 0 Å². The fraction of sp³-hybridized carbons (Fsp3) is 0.357. The molecule has 0 aliphatic rings. The second kappa shape index (κ2) is 5.69. The van der Waals surface area contributed by atoms with Crippen LogP contribution in [0.15, 0.2) is 36.7 Å². The lowest BCUT2D eigenvalue weighted by molar-refractivity contribution is 0.276. The van der Waals surface area contributed by atoms with E-state index in [1.807, 2.05) is 42.1 Å². The van der Waals surface area contributed by atoms with Crippen molar-refractivity contribution in [3.63, 3.8) is 0 Å². The zero-order chi connectivity index (χ0) is 13.0. The van der Waals surface area contributed by atoms with Crippen molar-refractivity contribution in [2.24, 2.45) is 0 Å². The number of hydrogen-bond acceptors (Lipinski definition) is 3. The van der Waals surface area contributed by atoms with E-state index in [0.29, 0.717) is 0 Å². The molecule has 96 valence electrons. The van der Waals surface area contributed by atoms with Crippen LogP contribution in [0.4, 0.5) is 5.69 Å². The molecule has 0 aliphatic heterocycles. The van der Waals surface area contributed by atoms with E-state index in [2.05, 4.69) is 17.3 Å². The molecule has 1 aromatic heterocycles. The molecular formula is C14H19N3O. The number of nitrogens with zero attached hydrogens (tertiary/aromatic N) is 2. The zero-order valence-corrected chi connectivity index (χ0v) is 10.8. The van der Waals surface area contributed by atoms with Gasteiger partial charge in [-0.3, -0.25) is 4.68 Å². The van der Waals surface area contributed by atoms with E-state index in [4.69, 9.17) is 0 Å². The number of aliphatic hydroxyl groups is 1. The molecule has 0 spiro atoms. The number of aryl methyl sites for hydroxylation is 2. The monoisotopic (exact) mass is 245 g/mol. The largest absolute Gasteiger partial charge is 0.394 e. The summed E-state index contributed by atoms with van der Waals surface area (Å²) in [6, 6.07) is 8.01. The maximum absolute atomic E-state index is 9.48. The Hall–Kier alpha value is -1.81. The van der Waals surface area contributed by atoms with Crippen LogP contribution in [0.1, 0.15) is 24.1 Å². The van der Waals surface area contributed by atoms with E-state index in [1.165, 1.54) is 5.56 Å².